The summed E-state index contributed by atoms with van der Waals surface area (Å²) < 4.78 is 0. The van der Waals surface area contributed by atoms with Crippen molar-refractivity contribution in [1.29, 1.82) is 0 Å². The van der Waals surface area contributed by atoms with Crippen molar-refractivity contribution in [1.82, 2.24) is 19.9 Å². The van der Waals surface area contributed by atoms with Gasteiger partial charge in [-0.1, -0.05) is 123 Å². The van der Waals surface area contributed by atoms with Crippen LogP contribution in [0, 0.1) is 12.3 Å². The molecule has 0 bridgehead atoms. The molecule has 0 spiro atoms. The maximum atomic E-state index is 4.66. The minimum absolute atomic E-state index is 0.215. The third-order valence-electron chi connectivity index (χ3n) is 7.60. The van der Waals surface area contributed by atoms with Crippen LogP contribution in [0.15, 0.2) is 97.6 Å². The summed E-state index contributed by atoms with van der Waals surface area (Å²) in [5.41, 5.74) is 4.96. The topological polar surface area (TPSA) is 51.6 Å². The van der Waals surface area contributed by atoms with Crippen molar-refractivity contribution in [3.05, 3.63) is 110 Å². The molecular weight excluding hydrogens is 893 g/mol. The van der Waals surface area contributed by atoms with Gasteiger partial charge in [0.15, 0.2) is 0 Å². The van der Waals surface area contributed by atoms with Crippen LogP contribution in [-0.4, -0.2) is 52.9 Å². The summed E-state index contributed by atoms with van der Waals surface area (Å²) in [6, 6.07) is 25.1. The third-order valence-corrected chi connectivity index (χ3v) is 19.7. The second-order valence-electron chi connectivity index (χ2n) is 15.8. The summed E-state index contributed by atoms with van der Waals surface area (Å²) >= 11 is 1.75. The summed E-state index contributed by atoms with van der Waals surface area (Å²) in [6.07, 6.45) is 14.9. The van der Waals surface area contributed by atoms with Crippen molar-refractivity contribution < 1.29 is 20.0 Å². The van der Waals surface area contributed by atoms with Crippen molar-refractivity contribution in [2.45, 2.75) is 104 Å². The van der Waals surface area contributed by atoms with E-state index >= 15 is 0 Å². The zero-order valence-electron chi connectivity index (χ0n) is 32.1. The van der Waals surface area contributed by atoms with Crippen LogP contribution in [0.3, 0.4) is 0 Å². The fourth-order valence-corrected chi connectivity index (χ4v) is 15.3. The van der Waals surface area contributed by atoms with Gasteiger partial charge in [0, 0.05) is 35.7 Å². The van der Waals surface area contributed by atoms with Crippen LogP contribution >= 0.6 is 40.9 Å². The van der Waals surface area contributed by atoms with Gasteiger partial charge >= 0.3 is 29.2 Å². The summed E-state index contributed by atoms with van der Waals surface area (Å²) in [5.74, 6) is 0. The van der Waals surface area contributed by atoms with Gasteiger partial charge in [0.1, 0.15) is 0 Å². The van der Waals surface area contributed by atoms with Gasteiger partial charge in [-0.05, 0) is 69.2 Å². The van der Waals surface area contributed by atoms with E-state index in [9.17, 15) is 0 Å². The Balaban J connectivity index is 0.000000330. The number of halogens is 1. The van der Waals surface area contributed by atoms with E-state index in [1.54, 1.807) is 20.0 Å². The number of nitrogens with zero attached hydrogens (tertiary/aromatic N) is 4. The first-order chi connectivity index (χ1) is 23.4. The van der Waals surface area contributed by atoms with Crippen molar-refractivity contribution in [2.75, 3.05) is 12.3 Å². The van der Waals surface area contributed by atoms with Crippen LogP contribution in [0.1, 0.15) is 83.1 Å². The number of pyridine rings is 4. The average Bonchev–Trinajstić information content (AvgIpc) is 3.05. The van der Waals surface area contributed by atoms with Crippen LogP contribution < -0.4 is 21.7 Å². The zero-order chi connectivity index (χ0) is 37.6. The molecule has 4 aromatic rings. The molecule has 0 radical (unpaired) electrons. The third kappa shape index (κ3) is 15.4. The summed E-state index contributed by atoms with van der Waals surface area (Å²) in [6.45, 7) is 27.9. The molecule has 0 aliphatic heterocycles. The van der Waals surface area contributed by atoms with Crippen LogP contribution in [-0.2, 0) is 20.0 Å². The molecule has 50 heavy (non-hydrogen) atoms. The Bertz CT molecular complexity index is 1250. The van der Waals surface area contributed by atoms with Crippen molar-refractivity contribution in [2.24, 2.45) is 0 Å². The summed E-state index contributed by atoms with van der Waals surface area (Å²) in [7, 11) is 3.06. The Labute approximate surface area is 326 Å². The fourth-order valence-electron chi connectivity index (χ4n) is 5.19. The Morgan fingerprint density at radius 2 is 0.700 bits per heavy atom. The molecular formula is C40H58AuClN4P4-2. The molecule has 0 fully saturated rings. The number of rotatable bonds is 10. The van der Waals surface area contributed by atoms with Crippen molar-refractivity contribution in [3.63, 3.8) is 0 Å². The zero-order valence-corrected chi connectivity index (χ0v) is 38.6. The molecule has 0 saturated heterocycles. The molecule has 0 aliphatic rings. The molecule has 0 saturated carbocycles. The molecule has 4 aromatic heterocycles. The molecule has 4 nitrogen and oxygen atoms in total. The maximum absolute atomic E-state index is 4.66. The molecule has 4 atom stereocenters. The quantitative estimate of drug-likeness (QED) is 0.0903. The Kier molecular flexibility index (Phi) is 19.4. The average molecular weight is 951 g/mol. The van der Waals surface area contributed by atoms with Gasteiger partial charge in [-0.2, -0.15) is 0 Å². The molecule has 10 heteroatoms. The van der Waals surface area contributed by atoms with Crippen molar-refractivity contribution in [3.8, 4) is 0 Å². The molecule has 4 unspecified atom stereocenters. The predicted octanol–water partition coefficient (Wildman–Crippen LogP) is 11.0. The molecule has 278 valence electrons. The standard InChI is InChI=1S/2C20H29N2P2.Au.ClH/c2*1-19(2,3)23(17-11-7-9-13-21-17)15-16-24(20(4,5)6)18-12-8-10-14-22-18;;/h2*7-15H,16H2,1-6H3;;1H/q2*-1;+1;/p-1. The monoisotopic (exact) mass is 950 g/mol. The minimum atomic E-state index is -0.415. The van der Waals surface area contributed by atoms with Crippen LogP contribution in [0.4, 0.5) is 0 Å². The van der Waals surface area contributed by atoms with Crippen LogP contribution in [0.25, 0.3) is 0 Å². The first-order valence-electron chi connectivity index (χ1n) is 17.0. The Hall–Kier alpha value is -0.650. The molecule has 4 rings (SSSR count). The second-order valence-corrected chi connectivity index (χ2v) is 27.6. The van der Waals surface area contributed by atoms with E-state index in [0.29, 0.717) is 0 Å². The van der Waals surface area contributed by atoms with E-state index in [0.717, 1.165) is 12.3 Å². The van der Waals surface area contributed by atoms with Gasteiger partial charge in [0.05, 0.1) is 10.9 Å². The number of aromatic nitrogens is 4. The summed E-state index contributed by atoms with van der Waals surface area (Å²) in [4.78, 5) is 18.6. The van der Waals surface area contributed by atoms with Gasteiger partial charge in [0.25, 0.3) is 0 Å². The molecule has 0 amide bonds. The van der Waals surface area contributed by atoms with E-state index < -0.39 is 15.8 Å². The van der Waals surface area contributed by atoms with E-state index in [2.05, 4.69) is 173 Å². The number of hydrogen-bond donors (Lipinski definition) is 0. The first kappa shape index (κ1) is 45.5. The van der Waals surface area contributed by atoms with Crippen molar-refractivity contribution >= 4 is 62.6 Å². The first-order valence-corrected chi connectivity index (χ1v) is 25.5. The van der Waals surface area contributed by atoms with Gasteiger partial charge in [-0.3, -0.25) is 32.3 Å². The fraction of sp³-hybridized carbons (Fsp3) is 0.450. The normalized spacial score (nSPS) is 14.6. The Morgan fingerprint density at radius 1 is 0.440 bits per heavy atom. The van der Waals surface area contributed by atoms with Crippen LogP contribution in [0.2, 0.25) is 0 Å². The van der Waals surface area contributed by atoms with Gasteiger partial charge in [-0.25, -0.2) is 15.8 Å². The van der Waals surface area contributed by atoms with Crippen LogP contribution in [0.5, 0.6) is 0 Å². The SMILES string of the molecule is CC(C)(C)P([CH-]CP(c1ccccn1)C(C)(C)C)c1ccccn1.CC(C)(C)P([CH-]CP(c1ccccn1)C(C)(C)C)c1ccccn1.[Cl][Au]. The van der Waals surface area contributed by atoms with Gasteiger partial charge < -0.3 is 0 Å². The summed E-state index contributed by atoms with van der Waals surface area (Å²) in [5, 5.41) is 0.908. The van der Waals surface area contributed by atoms with E-state index in [1.807, 2.05) is 49.1 Å². The van der Waals surface area contributed by atoms with E-state index in [1.165, 1.54) is 21.7 Å². The van der Waals surface area contributed by atoms with Gasteiger partial charge in [0.2, 0.25) is 0 Å². The van der Waals surface area contributed by atoms with Gasteiger partial charge in [-0.15, -0.1) is 12.3 Å². The number of hydrogen-bond acceptors (Lipinski definition) is 4. The molecule has 0 aliphatic carbocycles. The van der Waals surface area contributed by atoms with E-state index in [-0.39, 0.29) is 36.5 Å². The predicted molar refractivity (Wildman–Crippen MR) is 226 cm³/mol. The molecule has 4 heterocycles. The molecule has 0 aromatic carbocycles. The van der Waals surface area contributed by atoms with E-state index in [4.69, 9.17) is 0 Å². The molecule has 0 N–H and O–H groups in total. The second kappa shape index (κ2) is 21.3. The Morgan fingerprint density at radius 3 is 0.900 bits per heavy atom.